The molecule has 1 amide bonds. The fraction of sp³-hybridized carbons (Fsp3) is 0.960. The smallest absolute Gasteiger partial charge is 0.407 e. The van der Waals surface area contributed by atoms with Gasteiger partial charge in [0.05, 0.1) is 30.5 Å². The molecule has 1 aliphatic carbocycles. The first kappa shape index (κ1) is 33.0. The molecule has 1 saturated carbocycles. The Morgan fingerprint density at radius 3 is 1.91 bits per heavy atom. The molecule has 204 valence electrons. The lowest BCUT2D eigenvalue weighted by atomic mass is 9.73. The molecule has 8 unspecified atom stereocenters. The Hall–Kier alpha value is -0.970. The predicted octanol–water partition coefficient (Wildman–Crippen LogP) is 1.95. The van der Waals surface area contributed by atoms with E-state index in [2.05, 4.69) is 19.2 Å². The Labute approximate surface area is 205 Å². The third kappa shape index (κ3) is 11.6. The summed E-state index contributed by atoms with van der Waals surface area (Å²) in [6, 6.07) is -0.754. The van der Waals surface area contributed by atoms with Gasteiger partial charge in [0.2, 0.25) is 0 Å². The number of rotatable bonds is 8. The van der Waals surface area contributed by atoms with Gasteiger partial charge in [0.15, 0.2) is 0 Å². The van der Waals surface area contributed by atoms with Crippen LogP contribution >= 0.6 is 0 Å². The summed E-state index contributed by atoms with van der Waals surface area (Å²) >= 11 is 0. The summed E-state index contributed by atoms with van der Waals surface area (Å²) in [5.41, 5.74) is -1.18. The van der Waals surface area contributed by atoms with Crippen LogP contribution in [0.15, 0.2) is 0 Å². The van der Waals surface area contributed by atoms with E-state index in [1.807, 2.05) is 20.8 Å². The van der Waals surface area contributed by atoms with E-state index in [9.17, 15) is 35.4 Å². The standard InChI is InChI=1S/C22H43NO8.C3H8/c1-21(2,3)16(26)10-15(25)14(23-20(30)31-22(4,5)6)8-7-12-9-13(11-24)18(28)19(29)17(12)27;1-3-2/h12-19,24-29H,7-11H2,1-6H3,(H,23,30);3H2,1-2H3. The first-order valence-electron chi connectivity index (χ1n) is 12.5. The van der Waals surface area contributed by atoms with Gasteiger partial charge in [-0.1, -0.05) is 41.0 Å². The molecule has 8 atom stereocenters. The van der Waals surface area contributed by atoms with Crippen LogP contribution in [0.4, 0.5) is 4.79 Å². The maximum atomic E-state index is 12.3. The molecule has 0 aromatic rings. The van der Waals surface area contributed by atoms with Crippen LogP contribution in [0.1, 0.15) is 87.5 Å². The average molecular weight is 494 g/mol. The van der Waals surface area contributed by atoms with Gasteiger partial charge >= 0.3 is 6.09 Å². The van der Waals surface area contributed by atoms with Gasteiger partial charge in [-0.2, -0.15) is 0 Å². The fourth-order valence-corrected chi connectivity index (χ4v) is 3.86. The third-order valence-electron chi connectivity index (χ3n) is 5.99. The molecule has 0 bridgehead atoms. The Balaban J connectivity index is 0.00000343. The van der Waals surface area contributed by atoms with Crippen molar-refractivity contribution in [3.63, 3.8) is 0 Å². The minimum Gasteiger partial charge on any atom is -0.444 e. The highest BCUT2D eigenvalue weighted by atomic mass is 16.6. The van der Waals surface area contributed by atoms with Crippen molar-refractivity contribution < 1.29 is 40.2 Å². The number of nitrogens with one attached hydrogen (secondary N) is 1. The summed E-state index contributed by atoms with van der Waals surface area (Å²) in [4.78, 5) is 12.3. The van der Waals surface area contributed by atoms with Gasteiger partial charge in [0.1, 0.15) is 11.7 Å². The van der Waals surface area contributed by atoms with Crippen LogP contribution in [0.25, 0.3) is 0 Å². The maximum absolute atomic E-state index is 12.3. The van der Waals surface area contributed by atoms with Gasteiger partial charge in [0.25, 0.3) is 0 Å². The van der Waals surface area contributed by atoms with Crippen molar-refractivity contribution in [3.05, 3.63) is 0 Å². The molecule has 0 radical (unpaired) electrons. The lowest BCUT2D eigenvalue weighted by Crippen LogP contribution is -2.52. The number of alkyl carbamates (subject to hydrolysis) is 1. The first-order chi connectivity index (χ1) is 15.5. The van der Waals surface area contributed by atoms with Crippen LogP contribution < -0.4 is 5.32 Å². The van der Waals surface area contributed by atoms with Gasteiger partial charge in [-0.15, -0.1) is 0 Å². The molecule has 0 aromatic carbocycles. The van der Waals surface area contributed by atoms with Gasteiger partial charge in [-0.05, 0) is 51.4 Å². The SMILES string of the molecule is CC(C)(C)OC(=O)NC(CCC1CC(CO)C(O)C(O)C1O)C(O)CC(O)C(C)(C)C.CCC. The van der Waals surface area contributed by atoms with Crippen molar-refractivity contribution in [2.75, 3.05) is 6.61 Å². The van der Waals surface area contributed by atoms with E-state index in [1.54, 1.807) is 20.8 Å². The molecule has 0 spiro atoms. The normalized spacial score (nSPS) is 28.2. The summed E-state index contributed by atoms with van der Waals surface area (Å²) in [7, 11) is 0. The number of aliphatic hydroxyl groups excluding tert-OH is 6. The summed E-state index contributed by atoms with van der Waals surface area (Å²) in [6.07, 6.45) is -4.17. The zero-order valence-corrected chi connectivity index (χ0v) is 22.4. The molecular weight excluding hydrogens is 442 g/mol. The van der Waals surface area contributed by atoms with Crippen molar-refractivity contribution in [1.82, 2.24) is 5.32 Å². The quantitative estimate of drug-likeness (QED) is 0.270. The summed E-state index contributed by atoms with van der Waals surface area (Å²) in [5.74, 6) is -0.994. The van der Waals surface area contributed by atoms with Crippen LogP contribution in [0.3, 0.4) is 0 Å². The Morgan fingerprint density at radius 2 is 1.47 bits per heavy atom. The minimum atomic E-state index is -1.37. The Bertz CT molecular complexity index is 572. The molecular formula is C25H51NO8. The highest BCUT2D eigenvalue weighted by molar-refractivity contribution is 5.68. The number of ether oxygens (including phenoxy) is 1. The van der Waals surface area contributed by atoms with Crippen molar-refractivity contribution >= 4 is 6.09 Å². The number of hydrogen-bond donors (Lipinski definition) is 7. The lowest BCUT2D eigenvalue weighted by Gasteiger charge is -2.40. The molecule has 34 heavy (non-hydrogen) atoms. The van der Waals surface area contributed by atoms with E-state index >= 15 is 0 Å². The Morgan fingerprint density at radius 1 is 0.971 bits per heavy atom. The number of hydrogen-bond acceptors (Lipinski definition) is 8. The van der Waals surface area contributed by atoms with Gasteiger partial charge in [-0.25, -0.2) is 4.79 Å². The number of carbonyl (C=O) groups excluding carboxylic acids is 1. The second-order valence-electron chi connectivity index (χ2n) is 11.6. The molecule has 1 aliphatic rings. The second kappa shape index (κ2) is 14.6. The van der Waals surface area contributed by atoms with E-state index in [1.165, 1.54) is 6.42 Å². The molecule has 1 fully saturated rings. The van der Waals surface area contributed by atoms with E-state index in [0.717, 1.165) is 0 Å². The van der Waals surface area contributed by atoms with Gasteiger partial charge < -0.3 is 40.7 Å². The van der Waals surface area contributed by atoms with Crippen LogP contribution in [-0.4, -0.2) is 85.5 Å². The lowest BCUT2D eigenvalue weighted by molar-refractivity contribution is -0.143. The van der Waals surface area contributed by atoms with Gasteiger partial charge in [0, 0.05) is 18.9 Å². The summed E-state index contributed by atoms with van der Waals surface area (Å²) in [6.45, 7) is 14.6. The second-order valence-corrected chi connectivity index (χ2v) is 11.6. The zero-order valence-electron chi connectivity index (χ0n) is 22.4. The minimum absolute atomic E-state index is 0.0395. The molecule has 0 aliphatic heterocycles. The van der Waals surface area contributed by atoms with Crippen molar-refractivity contribution in [2.24, 2.45) is 17.3 Å². The Kier molecular flexibility index (Phi) is 14.1. The van der Waals surface area contributed by atoms with Gasteiger partial charge in [-0.3, -0.25) is 0 Å². The molecule has 1 rings (SSSR count). The van der Waals surface area contributed by atoms with Crippen LogP contribution in [0, 0.1) is 17.3 Å². The number of carbonyl (C=O) groups is 1. The zero-order chi connectivity index (χ0) is 26.9. The van der Waals surface area contributed by atoms with E-state index in [4.69, 9.17) is 4.74 Å². The highest BCUT2D eigenvalue weighted by Crippen LogP contribution is 2.34. The number of aliphatic hydroxyl groups is 6. The van der Waals surface area contributed by atoms with Crippen molar-refractivity contribution in [3.8, 4) is 0 Å². The summed E-state index contributed by atoms with van der Waals surface area (Å²) < 4.78 is 5.29. The van der Waals surface area contributed by atoms with E-state index in [0.29, 0.717) is 12.8 Å². The van der Waals surface area contributed by atoms with Crippen LogP contribution in [-0.2, 0) is 4.74 Å². The fourth-order valence-electron chi connectivity index (χ4n) is 3.86. The molecule has 0 aromatic heterocycles. The van der Waals surface area contributed by atoms with Crippen LogP contribution in [0.5, 0.6) is 0 Å². The van der Waals surface area contributed by atoms with Crippen LogP contribution in [0.2, 0.25) is 0 Å². The molecule has 9 heteroatoms. The van der Waals surface area contributed by atoms with E-state index in [-0.39, 0.29) is 19.4 Å². The first-order valence-corrected chi connectivity index (χ1v) is 12.5. The highest BCUT2D eigenvalue weighted by Gasteiger charge is 2.42. The van der Waals surface area contributed by atoms with Crippen molar-refractivity contribution in [2.45, 2.75) is 130 Å². The maximum Gasteiger partial charge on any atom is 0.407 e. The average Bonchev–Trinajstić information content (AvgIpc) is 2.69. The predicted molar refractivity (Wildman–Crippen MR) is 131 cm³/mol. The molecule has 0 saturated heterocycles. The molecule has 7 N–H and O–H groups in total. The molecule has 0 heterocycles. The number of amides is 1. The third-order valence-corrected chi connectivity index (χ3v) is 5.99. The largest absolute Gasteiger partial charge is 0.444 e. The topological polar surface area (TPSA) is 160 Å². The molecule has 9 nitrogen and oxygen atoms in total. The van der Waals surface area contributed by atoms with E-state index < -0.39 is 65.5 Å². The summed E-state index contributed by atoms with van der Waals surface area (Å²) in [5, 5.41) is 63.7. The van der Waals surface area contributed by atoms with Crippen molar-refractivity contribution in [1.29, 1.82) is 0 Å². The monoisotopic (exact) mass is 493 g/mol.